The summed E-state index contributed by atoms with van der Waals surface area (Å²) in [5.74, 6) is 0.744. The van der Waals surface area contributed by atoms with Crippen LogP contribution in [0.4, 0.5) is 4.79 Å². The summed E-state index contributed by atoms with van der Waals surface area (Å²) in [6.07, 6.45) is 1.62. The lowest BCUT2D eigenvalue weighted by atomic mass is 10.2. The van der Waals surface area contributed by atoms with E-state index >= 15 is 0 Å². The summed E-state index contributed by atoms with van der Waals surface area (Å²) in [6, 6.07) is 7.37. The van der Waals surface area contributed by atoms with Crippen molar-refractivity contribution in [2.75, 3.05) is 13.2 Å². The third kappa shape index (κ3) is 4.63. The van der Waals surface area contributed by atoms with Gasteiger partial charge >= 0.3 is 6.09 Å². The Kier molecular flexibility index (Phi) is 5.29. The van der Waals surface area contributed by atoms with Gasteiger partial charge in [0, 0.05) is 6.54 Å². The van der Waals surface area contributed by atoms with Gasteiger partial charge in [-0.2, -0.15) is 0 Å². The number of nitrogens with zero attached hydrogens (tertiary/aromatic N) is 1. The van der Waals surface area contributed by atoms with Crippen molar-refractivity contribution in [2.45, 2.75) is 51.9 Å². The van der Waals surface area contributed by atoms with Gasteiger partial charge in [-0.3, -0.25) is 0 Å². The summed E-state index contributed by atoms with van der Waals surface area (Å²) < 4.78 is 11.2. The SMILES string of the molecule is CC(C)(C)OC(=O)N1CCC[C@H]1COc1ccc(CO)cc1. The predicted octanol–water partition coefficient (Wildman–Crippen LogP) is 2.96. The number of amides is 1. The van der Waals surface area contributed by atoms with Crippen LogP contribution in [0.5, 0.6) is 5.75 Å². The summed E-state index contributed by atoms with van der Waals surface area (Å²) >= 11 is 0. The van der Waals surface area contributed by atoms with Crippen molar-refractivity contribution < 1.29 is 19.4 Å². The number of hydrogen-bond acceptors (Lipinski definition) is 4. The second-order valence-electron chi connectivity index (χ2n) is 6.58. The Hall–Kier alpha value is -1.75. The normalized spacial score (nSPS) is 18.4. The van der Waals surface area contributed by atoms with Crippen LogP contribution < -0.4 is 4.74 Å². The molecule has 1 fully saturated rings. The highest BCUT2D eigenvalue weighted by Gasteiger charge is 2.32. The first-order valence-electron chi connectivity index (χ1n) is 7.71. The zero-order valence-electron chi connectivity index (χ0n) is 13.5. The maximum absolute atomic E-state index is 12.2. The van der Waals surface area contributed by atoms with Crippen LogP contribution in [-0.4, -0.2) is 40.9 Å². The second kappa shape index (κ2) is 7.01. The first kappa shape index (κ1) is 16.6. The van der Waals surface area contributed by atoms with Crippen molar-refractivity contribution >= 4 is 6.09 Å². The van der Waals surface area contributed by atoms with Gasteiger partial charge in [0.05, 0.1) is 12.6 Å². The minimum absolute atomic E-state index is 0.0231. The van der Waals surface area contributed by atoms with Gasteiger partial charge in [0.25, 0.3) is 0 Å². The fraction of sp³-hybridized carbons (Fsp3) is 0.588. The number of hydrogen-bond donors (Lipinski definition) is 1. The Morgan fingerprint density at radius 3 is 2.59 bits per heavy atom. The molecule has 1 aromatic rings. The van der Waals surface area contributed by atoms with E-state index in [1.807, 2.05) is 45.0 Å². The maximum Gasteiger partial charge on any atom is 0.410 e. The minimum Gasteiger partial charge on any atom is -0.491 e. The molecule has 0 bridgehead atoms. The molecule has 122 valence electrons. The third-order valence-corrected chi connectivity index (χ3v) is 3.55. The Morgan fingerprint density at radius 2 is 2.00 bits per heavy atom. The second-order valence-corrected chi connectivity index (χ2v) is 6.58. The van der Waals surface area contributed by atoms with Gasteiger partial charge in [0.15, 0.2) is 0 Å². The monoisotopic (exact) mass is 307 g/mol. The van der Waals surface area contributed by atoms with E-state index < -0.39 is 5.60 Å². The molecule has 0 radical (unpaired) electrons. The van der Waals surface area contributed by atoms with Crippen LogP contribution >= 0.6 is 0 Å². The van der Waals surface area contributed by atoms with Crippen LogP contribution in [0.3, 0.4) is 0 Å². The third-order valence-electron chi connectivity index (χ3n) is 3.55. The van der Waals surface area contributed by atoms with Gasteiger partial charge in [-0.1, -0.05) is 12.1 Å². The van der Waals surface area contributed by atoms with Crippen LogP contribution in [0.25, 0.3) is 0 Å². The Bertz CT molecular complexity index is 492. The number of ether oxygens (including phenoxy) is 2. The predicted molar refractivity (Wildman–Crippen MR) is 83.8 cm³/mol. The minimum atomic E-state index is -0.481. The Morgan fingerprint density at radius 1 is 1.32 bits per heavy atom. The summed E-state index contributed by atoms with van der Waals surface area (Å²) in [5.41, 5.74) is 0.370. The van der Waals surface area contributed by atoms with Crippen molar-refractivity contribution in [3.05, 3.63) is 29.8 Å². The van der Waals surface area contributed by atoms with Crippen LogP contribution in [0.1, 0.15) is 39.2 Å². The topological polar surface area (TPSA) is 59.0 Å². The molecular weight excluding hydrogens is 282 g/mol. The highest BCUT2D eigenvalue weighted by atomic mass is 16.6. The van der Waals surface area contributed by atoms with Crippen LogP contribution in [0, 0.1) is 0 Å². The fourth-order valence-electron chi connectivity index (χ4n) is 2.45. The standard InChI is InChI=1S/C17H25NO4/c1-17(2,3)22-16(20)18-10-4-5-14(18)12-21-15-8-6-13(11-19)7-9-15/h6-9,14,19H,4-5,10-12H2,1-3H3/t14-/m0/s1. The van der Waals surface area contributed by atoms with E-state index in [0.29, 0.717) is 13.2 Å². The zero-order valence-corrected chi connectivity index (χ0v) is 13.5. The van der Waals surface area contributed by atoms with E-state index in [4.69, 9.17) is 14.6 Å². The molecule has 1 heterocycles. The molecule has 1 saturated heterocycles. The molecule has 1 atom stereocenters. The van der Waals surface area contributed by atoms with Gasteiger partial charge in [0.2, 0.25) is 0 Å². The molecule has 0 aromatic heterocycles. The van der Waals surface area contributed by atoms with Crippen LogP contribution in [0.15, 0.2) is 24.3 Å². The molecule has 1 aliphatic rings. The summed E-state index contributed by atoms with van der Waals surface area (Å²) in [4.78, 5) is 13.9. The first-order valence-corrected chi connectivity index (χ1v) is 7.71. The lowest BCUT2D eigenvalue weighted by molar-refractivity contribution is 0.0187. The first-order chi connectivity index (χ1) is 10.4. The molecule has 0 unspecified atom stereocenters. The molecule has 0 saturated carbocycles. The molecule has 1 amide bonds. The van der Waals surface area contributed by atoms with Gasteiger partial charge in [-0.05, 0) is 51.3 Å². The largest absolute Gasteiger partial charge is 0.491 e. The van der Waals surface area contributed by atoms with E-state index in [0.717, 1.165) is 24.2 Å². The van der Waals surface area contributed by atoms with Gasteiger partial charge < -0.3 is 19.5 Å². The Balaban J connectivity index is 1.89. The van der Waals surface area contributed by atoms with E-state index in [1.54, 1.807) is 4.90 Å². The molecular formula is C17H25NO4. The average Bonchev–Trinajstić information content (AvgIpc) is 2.92. The summed E-state index contributed by atoms with van der Waals surface area (Å²) in [6.45, 7) is 6.80. The smallest absolute Gasteiger partial charge is 0.410 e. The molecule has 1 aliphatic heterocycles. The molecule has 5 heteroatoms. The quantitative estimate of drug-likeness (QED) is 0.929. The van der Waals surface area contributed by atoms with Gasteiger partial charge in [-0.15, -0.1) is 0 Å². The molecule has 5 nitrogen and oxygen atoms in total. The molecule has 22 heavy (non-hydrogen) atoms. The van der Waals surface area contributed by atoms with Crippen molar-refractivity contribution in [3.8, 4) is 5.75 Å². The van der Waals surface area contributed by atoms with Gasteiger partial charge in [-0.25, -0.2) is 4.79 Å². The van der Waals surface area contributed by atoms with Crippen molar-refractivity contribution in [1.82, 2.24) is 4.90 Å². The molecule has 1 aromatic carbocycles. The zero-order chi connectivity index (χ0) is 16.2. The van der Waals surface area contributed by atoms with E-state index in [-0.39, 0.29) is 18.7 Å². The number of aliphatic hydroxyl groups is 1. The van der Waals surface area contributed by atoms with Gasteiger partial charge in [0.1, 0.15) is 18.0 Å². The number of carbonyl (C=O) groups is 1. The number of carbonyl (C=O) groups excluding carboxylic acids is 1. The van der Waals surface area contributed by atoms with E-state index in [2.05, 4.69) is 0 Å². The van der Waals surface area contributed by atoms with E-state index in [9.17, 15) is 4.79 Å². The van der Waals surface area contributed by atoms with E-state index in [1.165, 1.54) is 0 Å². The lowest BCUT2D eigenvalue weighted by Gasteiger charge is -2.28. The number of benzene rings is 1. The molecule has 0 spiro atoms. The lowest BCUT2D eigenvalue weighted by Crippen LogP contribution is -2.42. The average molecular weight is 307 g/mol. The fourth-order valence-corrected chi connectivity index (χ4v) is 2.45. The van der Waals surface area contributed by atoms with Crippen LogP contribution in [-0.2, 0) is 11.3 Å². The maximum atomic E-state index is 12.2. The van der Waals surface area contributed by atoms with Crippen molar-refractivity contribution in [1.29, 1.82) is 0 Å². The number of likely N-dealkylation sites (tertiary alicyclic amines) is 1. The van der Waals surface area contributed by atoms with Crippen LogP contribution in [0.2, 0.25) is 0 Å². The molecule has 0 aliphatic carbocycles. The Labute approximate surface area is 131 Å². The van der Waals surface area contributed by atoms with Crippen molar-refractivity contribution in [2.24, 2.45) is 0 Å². The highest BCUT2D eigenvalue weighted by molar-refractivity contribution is 5.69. The van der Waals surface area contributed by atoms with Crippen molar-refractivity contribution in [3.63, 3.8) is 0 Å². The summed E-state index contributed by atoms with van der Waals surface area (Å²) in [7, 11) is 0. The summed E-state index contributed by atoms with van der Waals surface area (Å²) in [5, 5.41) is 9.02. The molecule has 2 rings (SSSR count). The number of rotatable bonds is 4. The number of aliphatic hydroxyl groups excluding tert-OH is 1. The molecule has 1 N–H and O–H groups in total. The highest BCUT2D eigenvalue weighted by Crippen LogP contribution is 2.22.